The highest BCUT2D eigenvalue weighted by Gasteiger charge is 2.29. The van der Waals surface area contributed by atoms with Crippen LogP contribution in [0.4, 0.5) is 6.01 Å². The second-order valence-electron chi connectivity index (χ2n) is 9.23. The number of hydrogen-bond donors (Lipinski definition) is 2. The van der Waals surface area contributed by atoms with Crippen LogP contribution in [0.1, 0.15) is 55.8 Å². The Bertz CT molecular complexity index is 1170. The molecule has 2 aliphatic carbocycles. The maximum atomic E-state index is 11.3. The number of nitrogens with zero attached hydrogens (tertiary/aromatic N) is 6. The Morgan fingerprint density at radius 3 is 2.85 bits per heavy atom. The number of ether oxygens (including phenoxy) is 1. The molecule has 0 radical (unpaired) electrons. The van der Waals surface area contributed by atoms with E-state index in [9.17, 15) is 9.90 Å². The van der Waals surface area contributed by atoms with Gasteiger partial charge >= 0.3 is 12.0 Å². The summed E-state index contributed by atoms with van der Waals surface area (Å²) in [5, 5.41) is 29.1. The summed E-state index contributed by atoms with van der Waals surface area (Å²) in [5.41, 5.74) is 2.90. The molecule has 180 valence electrons. The molecule has 2 fully saturated rings. The molecule has 2 atom stereocenters. The van der Waals surface area contributed by atoms with Crippen LogP contribution >= 0.6 is 0 Å². The molecule has 0 bridgehead atoms. The first-order chi connectivity index (χ1) is 16.5. The summed E-state index contributed by atoms with van der Waals surface area (Å²) in [7, 11) is 1.83. The van der Waals surface area contributed by atoms with Gasteiger partial charge in [0.05, 0.1) is 35.6 Å². The standard InChI is InChI=1S/C23H29N7O4/c1-13-19(33-16-5-3-4-15(11-16)22(31)32)9-8-17(25-13)21-18(30(2)29-27-21)12-24-23-28-26-20(34-23)10-14-6-7-14/h8-9,14-16H,3-7,10-12H2,1-2H3,(H,24,28)(H,31,32)/t15-,16-/m0/s1. The summed E-state index contributed by atoms with van der Waals surface area (Å²) in [6, 6.07) is 4.10. The van der Waals surface area contributed by atoms with E-state index >= 15 is 0 Å². The quantitative estimate of drug-likeness (QED) is 0.482. The first kappa shape index (κ1) is 22.3. The van der Waals surface area contributed by atoms with Gasteiger partial charge in [-0.1, -0.05) is 10.3 Å². The number of aromatic nitrogens is 6. The average Bonchev–Trinajstić information content (AvgIpc) is 3.40. The smallest absolute Gasteiger partial charge is 0.315 e. The molecular formula is C23H29N7O4. The largest absolute Gasteiger partial charge is 0.489 e. The SMILES string of the molecule is Cc1nc(-c2nnn(C)c2CNc2nnc(CC3CC3)o2)ccc1O[C@H]1CCC[C@H](C(=O)O)C1. The number of carboxylic acid groups (broad SMARTS) is 1. The van der Waals surface area contributed by atoms with Gasteiger partial charge in [0.1, 0.15) is 11.4 Å². The minimum absolute atomic E-state index is 0.114. The molecule has 0 amide bonds. The van der Waals surface area contributed by atoms with Crippen molar-refractivity contribution < 1.29 is 19.1 Å². The highest BCUT2D eigenvalue weighted by molar-refractivity contribution is 5.70. The molecule has 11 heteroatoms. The first-order valence-electron chi connectivity index (χ1n) is 11.8. The zero-order valence-electron chi connectivity index (χ0n) is 19.4. The lowest BCUT2D eigenvalue weighted by atomic mass is 9.87. The van der Waals surface area contributed by atoms with Crippen LogP contribution in [0.5, 0.6) is 5.75 Å². The van der Waals surface area contributed by atoms with E-state index in [0.29, 0.717) is 54.3 Å². The third-order valence-electron chi connectivity index (χ3n) is 6.53. The maximum Gasteiger partial charge on any atom is 0.315 e. The van der Waals surface area contributed by atoms with Gasteiger partial charge in [0.2, 0.25) is 5.89 Å². The van der Waals surface area contributed by atoms with E-state index in [2.05, 4.69) is 25.8 Å². The minimum atomic E-state index is -0.748. The van der Waals surface area contributed by atoms with Crippen molar-refractivity contribution >= 4 is 12.0 Å². The Kier molecular flexibility index (Phi) is 6.16. The van der Waals surface area contributed by atoms with Crippen LogP contribution < -0.4 is 10.1 Å². The zero-order valence-corrected chi connectivity index (χ0v) is 19.4. The van der Waals surface area contributed by atoms with Gasteiger partial charge < -0.3 is 19.6 Å². The Morgan fingerprint density at radius 2 is 2.09 bits per heavy atom. The van der Waals surface area contributed by atoms with Crippen molar-refractivity contribution in [3.8, 4) is 17.1 Å². The zero-order chi connectivity index (χ0) is 23.7. The molecular weight excluding hydrogens is 438 g/mol. The lowest BCUT2D eigenvalue weighted by Gasteiger charge is -2.27. The average molecular weight is 468 g/mol. The van der Waals surface area contributed by atoms with Gasteiger partial charge in [-0.2, -0.15) is 0 Å². The van der Waals surface area contributed by atoms with Crippen molar-refractivity contribution in [2.45, 2.75) is 64.5 Å². The molecule has 2 N–H and O–H groups in total. The van der Waals surface area contributed by atoms with Crippen molar-refractivity contribution in [1.82, 2.24) is 30.2 Å². The fourth-order valence-electron chi connectivity index (χ4n) is 4.37. The highest BCUT2D eigenvalue weighted by atomic mass is 16.5. The van der Waals surface area contributed by atoms with E-state index in [-0.39, 0.29) is 12.0 Å². The van der Waals surface area contributed by atoms with Crippen molar-refractivity contribution in [3.63, 3.8) is 0 Å². The van der Waals surface area contributed by atoms with Crippen LogP contribution in [-0.4, -0.2) is 47.4 Å². The molecule has 11 nitrogen and oxygen atoms in total. The number of aryl methyl sites for hydroxylation is 2. The van der Waals surface area contributed by atoms with Gasteiger partial charge in [-0.05, 0) is 63.5 Å². The van der Waals surface area contributed by atoms with E-state index in [4.69, 9.17) is 14.1 Å². The maximum absolute atomic E-state index is 11.3. The molecule has 2 saturated carbocycles. The first-order valence-corrected chi connectivity index (χ1v) is 11.8. The number of anilines is 1. The summed E-state index contributed by atoms with van der Waals surface area (Å²) in [6.07, 6.45) is 6.12. The van der Waals surface area contributed by atoms with Gasteiger partial charge in [-0.15, -0.1) is 10.2 Å². The summed E-state index contributed by atoms with van der Waals surface area (Å²) in [5.74, 6) is 0.914. The number of pyridine rings is 1. The lowest BCUT2D eigenvalue weighted by Crippen LogP contribution is -2.29. The van der Waals surface area contributed by atoms with Gasteiger partial charge in [0.25, 0.3) is 0 Å². The summed E-state index contributed by atoms with van der Waals surface area (Å²) < 4.78 is 13.5. The molecule has 0 unspecified atom stereocenters. The molecule has 0 aromatic carbocycles. The van der Waals surface area contributed by atoms with Crippen LogP contribution in [0, 0.1) is 18.8 Å². The van der Waals surface area contributed by atoms with Crippen LogP contribution in [-0.2, 0) is 24.8 Å². The van der Waals surface area contributed by atoms with Crippen molar-refractivity contribution in [3.05, 3.63) is 29.4 Å². The third kappa shape index (κ3) is 5.02. The molecule has 2 aliphatic rings. The van der Waals surface area contributed by atoms with Crippen molar-refractivity contribution in [2.24, 2.45) is 18.9 Å². The summed E-state index contributed by atoms with van der Waals surface area (Å²) in [6.45, 7) is 2.28. The molecule has 34 heavy (non-hydrogen) atoms. The minimum Gasteiger partial charge on any atom is -0.489 e. The van der Waals surface area contributed by atoms with Crippen LogP contribution in [0.2, 0.25) is 0 Å². The second kappa shape index (κ2) is 9.40. The van der Waals surface area contributed by atoms with Gasteiger partial charge in [0.15, 0.2) is 0 Å². The van der Waals surface area contributed by atoms with E-state index in [0.717, 1.165) is 30.7 Å². The Hall–Kier alpha value is -3.50. The fourth-order valence-corrected chi connectivity index (χ4v) is 4.37. The summed E-state index contributed by atoms with van der Waals surface area (Å²) in [4.78, 5) is 16.0. The molecule has 3 aromatic rings. The highest BCUT2D eigenvalue weighted by Crippen LogP contribution is 2.33. The summed E-state index contributed by atoms with van der Waals surface area (Å²) >= 11 is 0. The topological polar surface area (TPSA) is 141 Å². The Labute approximate surface area is 196 Å². The van der Waals surface area contributed by atoms with Crippen molar-refractivity contribution in [1.29, 1.82) is 0 Å². The number of nitrogens with one attached hydrogen (secondary N) is 1. The molecule has 3 aromatic heterocycles. The van der Waals surface area contributed by atoms with Crippen molar-refractivity contribution in [2.75, 3.05) is 5.32 Å². The predicted molar refractivity (Wildman–Crippen MR) is 121 cm³/mol. The second-order valence-corrected chi connectivity index (χ2v) is 9.23. The number of carboxylic acids is 1. The molecule has 0 saturated heterocycles. The van der Waals surface area contributed by atoms with E-state index in [1.54, 1.807) is 4.68 Å². The number of rotatable bonds is 9. The molecule has 0 aliphatic heterocycles. The molecule has 5 rings (SSSR count). The van der Waals surface area contributed by atoms with Crippen LogP contribution in [0.3, 0.4) is 0 Å². The number of aliphatic carboxylic acids is 1. The van der Waals surface area contributed by atoms with Gasteiger partial charge in [0, 0.05) is 13.5 Å². The van der Waals surface area contributed by atoms with E-state index in [1.807, 2.05) is 26.1 Å². The number of hydrogen-bond acceptors (Lipinski definition) is 9. The Balaban J connectivity index is 1.26. The van der Waals surface area contributed by atoms with Gasteiger partial charge in [-0.25, -0.2) is 9.67 Å². The normalized spacial score (nSPS) is 20.3. The fraction of sp³-hybridized carbons (Fsp3) is 0.565. The predicted octanol–water partition coefficient (Wildman–Crippen LogP) is 3.16. The van der Waals surface area contributed by atoms with E-state index in [1.165, 1.54) is 12.8 Å². The van der Waals surface area contributed by atoms with Crippen LogP contribution in [0.25, 0.3) is 11.4 Å². The monoisotopic (exact) mass is 467 g/mol. The lowest BCUT2D eigenvalue weighted by molar-refractivity contribution is -0.143. The number of carbonyl (C=O) groups is 1. The molecule has 3 heterocycles. The van der Waals surface area contributed by atoms with Crippen LogP contribution in [0.15, 0.2) is 16.5 Å². The third-order valence-corrected chi connectivity index (χ3v) is 6.53. The van der Waals surface area contributed by atoms with E-state index < -0.39 is 5.97 Å². The molecule has 0 spiro atoms. The Morgan fingerprint density at radius 1 is 1.24 bits per heavy atom. The van der Waals surface area contributed by atoms with Gasteiger partial charge in [-0.3, -0.25) is 4.79 Å².